The van der Waals surface area contributed by atoms with E-state index in [1.165, 1.54) is 12.1 Å². The van der Waals surface area contributed by atoms with Gasteiger partial charge in [0.05, 0.1) is 12.0 Å². The molecule has 0 spiro atoms. The second-order valence-electron chi connectivity index (χ2n) is 3.62. The van der Waals surface area contributed by atoms with Crippen molar-refractivity contribution in [3.05, 3.63) is 27.3 Å². The number of hydrogen-bond acceptors (Lipinski definition) is 4. The monoisotopic (exact) mass is 379 g/mol. The first kappa shape index (κ1) is 15.2. The van der Waals surface area contributed by atoms with E-state index in [-0.39, 0.29) is 11.3 Å². The molecule has 102 valence electrons. The van der Waals surface area contributed by atoms with Crippen LogP contribution < -0.4 is 5.32 Å². The van der Waals surface area contributed by atoms with Gasteiger partial charge in [-0.3, -0.25) is 9.59 Å². The summed E-state index contributed by atoms with van der Waals surface area (Å²) in [6.07, 6.45) is -0.744. The molecule has 1 unspecified atom stereocenters. The number of nitrogens with one attached hydrogen (secondary N) is 1. The Morgan fingerprint density at radius 1 is 1.26 bits per heavy atom. The number of aromatic hydroxyl groups is 1. The number of rotatable bonds is 5. The fourth-order valence-electron chi connectivity index (χ4n) is 1.30. The highest BCUT2D eigenvalue weighted by Crippen LogP contribution is 2.19. The molecule has 0 heterocycles. The van der Waals surface area contributed by atoms with Gasteiger partial charge in [-0.25, -0.2) is 4.79 Å². The summed E-state index contributed by atoms with van der Waals surface area (Å²) in [6.45, 7) is 0. The van der Waals surface area contributed by atoms with Crippen LogP contribution in [0.2, 0.25) is 0 Å². The van der Waals surface area contributed by atoms with Crippen molar-refractivity contribution in [3.8, 4) is 5.75 Å². The zero-order chi connectivity index (χ0) is 14.6. The minimum atomic E-state index is -1.55. The number of halogens is 1. The van der Waals surface area contributed by atoms with E-state index in [0.717, 1.165) is 0 Å². The number of phenols is 1. The molecule has 1 aromatic rings. The first-order chi connectivity index (χ1) is 8.81. The molecule has 0 aromatic heterocycles. The van der Waals surface area contributed by atoms with Gasteiger partial charge in [-0.15, -0.1) is 0 Å². The minimum absolute atomic E-state index is 0.108. The normalized spacial score (nSPS) is 11.6. The van der Waals surface area contributed by atoms with Crippen LogP contribution in [-0.4, -0.2) is 39.2 Å². The molecule has 0 saturated carbocycles. The molecular weight excluding hydrogens is 369 g/mol. The van der Waals surface area contributed by atoms with Crippen molar-refractivity contribution in [2.45, 2.75) is 12.5 Å². The average Bonchev–Trinajstić information content (AvgIpc) is 2.30. The Hall–Kier alpha value is -1.84. The van der Waals surface area contributed by atoms with Gasteiger partial charge in [0.25, 0.3) is 5.91 Å². The molecule has 0 fully saturated rings. The van der Waals surface area contributed by atoms with E-state index in [4.69, 9.17) is 10.2 Å². The molecule has 0 bridgehead atoms. The van der Waals surface area contributed by atoms with Crippen LogP contribution in [0.25, 0.3) is 0 Å². The van der Waals surface area contributed by atoms with Crippen LogP contribution in [0.3, 0.4) is 0 Å². The Kier molecular flexibility index (Phi) is 5.10. The van der Waals surface area contributed by atoms with E-state index < -0.39 is 30.3 Å². The number of amides is 1. The summed E-state index contributed by atoms with van der Waals surface area (Å²) in [7, 11) is 0. The summed E-state index contributed by atoms with van der Waals surface area (Å²) < 4.78 is 0.672. The van der Waals surface area contributed by atoms with E-state index >= 15 is 0 Å². The predicted molar refractivity (Wildman–Crippen MR) is 72.0 cm³/mol. The Bertz CT molecular complexity index is 530. The largest absolute Gasteiger partial charge is 0.507 e. The second kappa shape index (κ2) is 6.36. The molecule has 1 amide bonds. The van der Waals surface area contributed by atoms with Crippen LogP contribution in [0, 0.1) is 3.57 Å². The lowest BCUT2D eigenvalue weighted by atomic mass is 10.1. The lowest BCUT2D eigenvalue weighted by molar-refractivity contribution is -0.145. The number of carboxylic acids is 2. The van der Waals surface area contributed by atoms with Crippen LogP contribution in [0.15, 0.2) is 18.2 Å². The molecule has 7 nitrogen and oxygen atoms in total. The number of aliphatic carboxylic acids is 2. The summed E-state index contributed by atoms with van der Waals surface area (Å²) in [5, 5.41) is 28.9. The number of carbonyl (C=O) groups is 3. The Morgan fingerprint density at radius 3 is 2.42 bits per heavy atom. The first-order valence-electron chi connectivity index (χ1n) is 5.05. The molecule has 19 heavy (non-hydrogen) atoms. The van der Waals surface area contributed by atoms with Crippen LogP contribution in [0.4, 0.5) is 0 Å². The number of hydrogen-bond donors (Lipinski definition) is 4. The van der Waals surface area contributed by atoms with Gasteiger partial charge in [0.2, 0.25) is 0 Å². The van der Waals surface area contributed by atoms with Crippen molar-refractivity contribution in [1.82, 2.24) is 5.32 Å². The summed E-state index contributed by atoms with van der Waals surface area (Å²) >= 11 is 1.92. The van der Waals surface area contributed by atoms with E-state index in [9.17, 15) is 19.5 Å². The van der Waals surface area contributed by atoms with Gasteiger partial charge < -0.3 is 20.6 Å². The fraction of sp³-hybridized carbons (Fsp3) is 0.182. The predicted octanol–water partition coefficient (Wildman–Crippen LogP) is 0.654. The molecular formula is C11H10INO6. The van der Waals surface area contributed by atoms with Crippen molar-refractivity contribution < 1.29 is 29.7 Å². The van der Waals surface area contributed by atoms with Crippen LogP contribution in [0.5, 0.6) is 5.75 Å². The number of carboxylic acid groups (broad SMARTS) is 2. The summed E-state index contributed by atoms with van der Waals surface area (Å²) in [5.41, 5.74) is -0.108. The topological polar surface area (TPSA) is 124 Å². The summed E-state index contributed by atoms with van der Waals surface area (Å²) in [6, 6.07) is 2.68. The molecule has 1 aromatic carbocycles. The van der Waals surface area contributed by atoms with E-state index in [1.807, 2.05) is 27.9 Å². The molecule has 8 heteroatoms. The van der Waals surface area contributed by atoms with E-state index in [0.29, 0.717) is 3.57 Å². The highest BCUT2D eigenvalue weighted by Gasteiger charge is 2.24. The third-order valence-electron chi connectivity index (χ3n) is 2.19. The number of phenolic OH excluding ortho intramolecular Hbond substituents is 1. The van der Waals surface area contributed by atoms with E-state index in [2.05, 4.69) is 0 Å². The van der Waals surface area contributed by atoms with Crippen molar-refractivity contribution in [1.29, 1.82) is 0 Å². The molecule has 0 saturated heterocycles. The van der Waals surface area contributed by atoms with Crippen molar-refractivity contribution in [2.24, 2.45) is 0 Å². The molecule has 1 rings (SSSR count). The van der Waals surface area contributed by atoms with Crippen molar-refractivity contribution in [3.63, 3.8) is 0 Å². The minimum Gasteiger partial charge on any atom is -0.507 e. The van der Waals surface area contributed by atoms with Gasteiger partial charge in [0.15, 0.2) is 0 Å². The highest BCUT2D eigenvalue weighted by atomic mass is 127. The van der Waals surface area contributed by atoms with Crippen LogP contribution in [0.1, 0.15) is 16.8 Å². The maximum atomic E-state index is 11.8. The lowest BCUT2D eigenvalue weighted by Gasteiger charge is -2.13. The molecule has 0 aliphatic heterocycles. The Balaban J connectivity index is 2.90. The zero-order valence-corrected chi connectivity index (χ0v) is 11.6. The van der Waals surface area contributed by atoms with Crippen molar-refractivity contribution >= 4 is 40.4 Å². The number of carbonyl (C=O) groups excluding carboxylic acids is 1. The molecule has 0 aliphatic carbocycles. The van der Waals surface area contributed by atoms with Gasteiger partial charge in [-0.1, -0.05) is 0 Å². The average molecular weight is 379 g/mol. The quantitative estimate of drug-likeness (QED) is 0.557. The molecule has 0 radical (unpaired) electrons. The third kappa shape index (κ3) is 4.39. The first-order valence-corrected chi connectivity index (χ1v) is 6.13. The molecule has 0 aliphatic rings. The van der Waals surface area contributed by atoms with E-state index in [1.54, 1.807) is 6.07 Å². The number of benzene rings is 1. The highest BCUT2D eigenvalue weighted by molar-refractivity contribution is 14.1. The van der Waals surface area contributed by atoms with Crippen molar-refractivity contribution in [2.75, 3.05) is 0 Å². The summed E-state index contributed by atoms with van der Waals surface area (Å²) in [4.78, 5) is 33.1. The zero-order valence-electron chi connectivity index (χ0n) is 9.46. The standard InChI is InChI=1S/C11H10INO6/c12-5-1-2-8(14)6(3-5)10(17)13-7(11(18)19)4-9(15)16/h1-3,7,14H,4H2,(H,13,17)(H,15,16)(H,18,19). The van der Waals surface area contributed by atoms with Gasteiger partial charge in [-0.05, 0) is 40.8 Å². The Morgan fingerprint density at radius 2 is 1.89 bits per heavy atom. The summed E-state index contributed by atoms with van der Waals surface area (Å²) in [5.74, 6) is -3.96. The van der Waals surface area contributed by atoms with Gasteiger partial charge >= 0.3 is 11.9 Å². The third-order valence-corrected chi connectivity index (χ3v) is 2.86. The smallest absolute Gasteiger partial charge is 0.326 e. The van der Waals surface area contributed by atoms with Gasteiger partial charge in [0.1, 0.15) is 11.8 Å². The Labute approximate surface area is 121 Å². The maximum Gasteiger partial charge on any atom is 0.326 e. The van der Waals surface area contributed by atoms with Crippen LogP contribution in [-0.2, 0) is 9.59 Å². The molecule has 4 N–H and O–H groups in total. The van der Waals surface area contributed by atoms with Gasteiger partial charge in [0, 0.05) is 3.57 Å². The fourth-order valence-corrected chi connectivity index (χ4v) is 1.79. The maximum absolute atomic E-state index is 11.8. The SMILES string of the molecule is O=C(O)CC(NC(=O)c1cc(I)ccc1O)C(=O)O. The lowest BCUT2D eigenvalue weighted by Crippen LogP contribution is -2.42. The van der Waals surface area contributed by atoms with Gasteiger partial charge in [-0.2, -0.15) is 0 Å². The molecule has 1 atom stereocenters. The second-order valence-corrected chi connectivity index (χ2v) is 4.87. The van der Waals surface area contributed by atoms with Crippen LogP contribution >= 0.6 is 22.6 Å².